The van der Waals surface area contributed by atoms with Crippen LogP contribution >= 0.6 is 0 Å². The maximum atomic E-state index is 5.42. The lowest BCUT2D eigenvalue weighted by atomic mass is 9.79. The lowest BCUT2D eigenvalue weighted by molar-refractivity contribution is 0.655. The summed E-state index contributed by atoms with van der Waals surface area (Å²) in [6, 6.07) is 33.9. The monoisotopic (exact) mass is 773 g/mol. The molecule has 6 aliphatic rings. The van der Waals surface area contributed by atoms with Crippen molar-refractivity contribution in [2.24, 2.45) is 15.9 Å². The van der Waals surface area contributed by atoms with Crippen LogP contribution in [0.5, 0.6) is 0 Å². The molecule has 5 aliphatic carbocycles. The summed E-state index contributed by atoms with van der Waals surface area (Å²) in [7, 11) is 0. The molecule has 0 bridgehead atoms. The maximum Gasteiger partial charge on any atom is 0.211 e. The Labute approximate surface area is 349 Å². The van der Waals surface area contributed by atoms with Crippen LogP contribution in [-0.4, -0.2) is 20.9 Å². The third-order valence-electron chi connectivity index (χ3n) is 13.7. The summed E-state index contributed by atoms with van der Waals surface area (Å²) in [5, 5.41) is 9.98. The molecule has 288 valence electrons. The van der Waals surface area contributed by atoms with Gasteiger partial charge in [0, 0.05) is 51.1 Å². The lowest BCUT2D eigenvalue weighted by Gasteiger charge is -2.28. The number of nitrogens with zero attached hydrogens (tertiary/aromatic N) is 4. The fourth-order valence-corrected chi connectivity index (χ4v) is 10.8. The van der Waals surface area contributed by atoms with Gasteiger partial charge in [-0.3, -0.25) is 4.57 Å². The Balaban J connectivity index is 0.978. The van der Waals surface area contributed by atoms with Crippen molar-refractivity contribution in [1.82, 2.24) is 14.5 Å². The number of amidine groups is 1. The van der Waals surface area contributed by atoms with Gasteiger partial charge in [0.1, 0.15) is 6.17 Å². The predicted molar refractivity (Wildman–Crippen MR) is 250 cm³/mol. The van der Waals surface area contributed by atoms with E-state index >= 15 is 0 Å². The van der Waals surface area contributed by atoms with Crippen LogP contribution in [0.3, 0.4) is 0 Å². The van der Waals surface area contributed by atoms with Crippen molar-refractivity contribution >= 4 is 68.5 Å². The van der Waals surface area contributed by atoms with E-state index in [1.807, 2.05) is 0 Å². The van der Waals surface area contributed by atoms with Crippen molar-refractivity contribution < 1.29 is 0 Å². The number of hydrogen-bond acceptors (Lipinski definition) is 3. The van der Waals surface area contributed by atoms with E-state index in [0.717, 1.165) is 67.0 Å². The van der Waals surface area contributed by atoms with Gasteiger partial charge in [-0.2, -0.15) is 4.99 Å². The number of benzene rings is 5. The van der Waals surface area contributed by atoms with Crippen LogP contribution in [-0.2, 0) is 19.3 Å². The Kier molecular flexibility index (Phi) is 7.51. The molecule has 0 saturated heterocycles. The van der Waals surface area contributed by atoms with Gasteiger partial charge in [-0.15, -0.1) is 0 Å². The van der Waals surface area contributed by atoms with Crippen molar-refractivity contribution in [3.63, 3.8) is 0 Å². The first-order valence-electron chi connectivity index (χ1n) is 21.7. The standard InChI is InChI=1S/C55H43N5/c1-3-14-37-29-40(23-21-34(37)11-1)53-56-54(41-24-22-35-12-2-4-15-38(35)30-41)58-55(57-53)60-50-20-10-8-18-46(50)48-32-42-31-43(27-25-39(42)33-51(48)60)59-49-19-9-7-17-45(49)47-28-26-36-13-5-6-16-44(36)52(47)59/h1-3,5-6,8-9,11-14,16,18-19,21-33,36,44,54H,4,7,10,15,17,20H2,(H,56,57,58). The summed E-state index contributed by atoms with van der Waals surface area (Å²) in [4.78, 5) is 10.8. The summed E-state index contributed by atoms with van der Waals surface area (Å²) in [5.74, 6) is 2.28. The van der Waals surface area contributed by atoms with E-state index in [1.54, 1.807) is 0 Å². The van der Waals surface area contributed by atoms with Crippen molar-refractivity contribution in [3.05, 3.63) is 196 Å². The Morgan fingerprint density at radius 3 is 2.47 bits per heavy atom. The molecule has 0 radical (unpaired) electrons. The molecule has 7 aromatic rings. The van der Waals surface area contributed by atoms with Crippen molar-refractivity contribution in [2.45, 2.75) is 50.6 Å². The quantitative estimate of drug-likeness (QED) is 0.191. The van der Waals surface area contributed by atoms with Crippen LogP contribution in [0.15, 0.2) is 150 Å². The zero-order chi connectivity index (χ0) is 39.3. The molecule has 13 rings (SSSR count). The molecule has 1 N–H and O–H groups in total. The van der Waals surface area contributed by atoms with Gasteiger partial charge in [-0.25, -0.2) is 4.99 Å². The van der Waals surface area contributed by atoms with Gasteiger partial charge in [0.05, 0.1) is 5.52 Å². The Hall–Kier alpha value is -6.98. The normalized spacial score (nSPS) is 20.7. The minimum atomic E-state index is -0.290. The molecule has 2 aromatic heterocycles. The first-order valence-corrected chi connectivity index (χ1v) is 21.7. The number of hydrogen-bond donors (Lipinski definition) is 1. The van der Waals surface area contributed by atoms with Gasteiger partial charge < -0.3 is 9.88 Å². The van der Waals surface area contributed by atoms with Crippen LogP contribution in [0.4, 0.5) is 0 Å². The molecule has 3 heterocycles. The average molecular weight is 774 g/mol. The maximum absolute atomic E-state index is 5.42. The molecule has 1 aliphatic heterocycles. The summed E-state index contributed by atoms with van der Waals surface area (Å²) in [5.41, 5.74) is 15.5. The number of aromatic nitrogens is 2. The number of aliphatic imine (C=N–C) groups is 2. The highest BCUT2D eigenvalue weighted by Gasteiger charge is 2.33. The van der Waals surface area contributed by atoms with E-state index in [9.17, 15) is 0 Å². The molecule has 5 heteroatoms. The number of nitrogens with one attached hydrogen (secondary N) is 1. The van der Waals surface area contributed by atoms with Crippen LogP contribution in [0.25, 0.3) is 62.4 Å². The Bertz CT molecular complexity index is 3260. The number of rotatable bonds is 3. The van der Waals surface area contributed by atoms with E-state index in [-0.39, 0.29) is 6.17 Å². The number of allylic oxidation sites excluding steroid dienone is 8. The van der Waals surface area contributed by atoms with E-state index < -0.39 is 0 Å². The topological polar surface area (TPSA) is 46.6 Å². The van der Waals surface area contributed by atoms with E-state index in [0.29, 0.717) is 11.8 Å². The van der Waals surface area contributed by atoms with Crippen LogP contribution < -0.4 is 5.32 Å². The summed E-state index contributed by atoms with van der Waals surface area (Å²) in [6.07, 6.45) is 33.8. The largest absolute Gasteiger partial charge is 0.330 e. The van der Waals surface area contributed by atoms with Gasteiger partial charge >= 0.3 is 0 Å². The van der Waals surface area contributed by atoms with Crippen LogP contribution in [0.2, 0.25) is 0 Å². The second kappa shape index (κ2) is 13.3. The van der Waals surface area contributed by atoms with Gasteiger partial charge in [-0.05, 0) is 124 Å². The van der Waals surface area contributed by atoms with E-state index in [4.69, 9.17) is 9.98 Å². The molecule has 3 atom stereocenters. The molecule has 60 heavy (non-hydrogen) atoms. The highest BCUT2D eigenvalue weighted by Crippen LogP contribution is 2.45. The van der Waals surface area contributed by atoms with Gasteiger partial charge in [0.2, 0.25) is 5.96 Å². The minimum Gasteiger partial charge on any atom is -0.330 e. The Morgan fingerprint density at radius 1 is 0.633 bits per heavy atom. The summed E-state index contributed by atoms with van der Waals surface area (Å²) in [6.45, 7) is 0. The Morgan fingerprint density at radius 2 is 1.48 bits per heavy atom. The molecule has 5 nitrogen and oxygen atoms in total. The molecular weight excluding hydrogens is 731 g/mol. The lowest BCUT2D eigenvalue weighted by Crippen LogP contribution is -2.38. The first kappa shape index (κ1) is 33.9. The van der Waals surface area contributed by atoms with E-state index in [1.165, 1.54) is 77.5 Å². The summed E-state index contributed by atoms with van der Waals surface area (Å²) < 4.78 is 4.98. The zero-order valence-electron chi connectivity index (χ0n) is 33.4. The predicted octanol–water partition coefficient (Wildman–Crippen LogP) is 12.4. The second-order valence-electron chi connectivity index (χ2n) is 17.1. The number of aryl methyl sites for hydroxylation is 1. The van der Waals surface area contributed by atoms with Crippen molar-refractivity contribution in [3.8, 4) is 5.69 Å². The van der Waals surface area contributed by atoms with Crippen molar-refractivity contribution in [1.29, 1.82) is 0 Å². The first-order chi connectivity index (χ1) is 29.7. The van der Waals surface area contributed by atoms with Gasteiger partial charge in [0.25, 0.3) is 0 Å². The van der Waals surface area contributed by atoms with Crippen LogP contribution in [0.1, 0.15) is 87.4 Å². The molecule has 0 spiro atoms. The SMILES string of the molecule is C1=CC2C=Cc3c4c(n(-c5ccc6cc7c(cc6c5)c5c(n7C6=NC(c7ccc8ccccc8c7)=NC(c7ccc8c(c7)CCC=C8)N6)CCC=C5)c3C2C=C1)C=CCC4. The fourth-order valence-electron chi connectivity index (χ4n) is 10.8. The smallest absolute Gasteiger partial charge is 0.211 e. The molecule has 0 saturated carbocycles. The zero-order valence-corrected chi connectivity index (χ0v) is 33.4. The molecular formula is C55H43N5. The average Bonchev–Trinajstić information content (AvgIpc) is 3.83. The molecule has 5 aromatic carbocycles. The third kappa shape index (κ3) is 5.24. The fraction of sp³-hybridized carbons (Fsp3) is 0.164. The van der Waals surface area contributed by atoms with Crippen LogP contribution in [0, 0.1) is 5.92 Å². The van der Waals surface area contributed by atoms with Gasteiger partial charge in [-0.1, -0.05) is 127 Å². The van der Waals surface area contributed by atoms with E-state index in [2.05, 4.69) is 178 Å². The van der Waals surface area contributed by atoms with Gasteiger partial charge in [0.15, 0.2) is 5.84 Å². The minimum absolute atomic E-state index is 0.290. The van der Waals surface area contributed by atoms with Crippen molar-refractivity contribution in [2.75, 3.05) is 0 Å². The third-order valence-corrected chi connectivity index (χ3v) is 13.7. The highest BCUT2D eigenvalue weighted by molar-refractivity contribution is 6.13. The highest BCUT2D eigenvalue weighted by atomic mass is 15.3. The molecule has 0 fully saturated rings. The molecule has 0 amide bonds. The second-order valence-corrected chi connectivity index (χ2v) is 17.1. The summed E-state index contributed by atoms with van der Waals surface area (Å²) >= 11 is 0. The molecule has 3 unspecified atom stereocenters. The number of fused-ring (bicyclic) bond motifs is 11.